The third-order valence-corrected chi connectivity index (χ3v) is 1.25. The molecule has 0 aromatic rings. The molecule has 0 amide bonds. The zero-order valence-corrected chi connectivity index (χ0v) is 7.66. The van der Waals surface area contributed by atoms with Gasteiger partial charge in [-0.05, 0) is 18.9 Å². The summed E-state index contributed by atoms with van der Waals surface area (Å²) in [6.45, 7) is 5.59. The molecule has 0 aromatic carbocycles. The summed E-state index contributed by atoms with van der Waals surface area (Å²) >= 11 is 0. The number of hydrogen-bond donors (Lipinski definition) is 0. The fourth-order valence-corrected chi connectivity index (χ4v) is 0.686. The zero-order chi connectivity index (χ0) is 9.07. The molecule has 0 saturated carbocycles. The van der Waals surface area contributed by atoms with Gasteiger partial charge in [-0.15, -0.1) is 5.73 Å². The predicted octanol–water partition coefficient (Wildman–Crippen LogP) is 3.80. The van der Waals surface area contributed by atoms with E-state index in [1.54, 1.807) is 6.08 Å². The monoisotopic (exact) mass is 160 g/mol. The topological polar surface area (TPSA) is 0 Å². The molecule has 0 bridgehead atoms. The van der Waals surface area contributed by atoms with Gasteiger partial charge in [-0.25, -0.2) is 0 Å². The molecule has 0 aliphatic rings. The average Bonchev–Trinajstić information content (AvgIpc) is 2.10. The summed E-state index contributed by atoms with van der Waals surface area (Å²) < 4.78 is 0. The zero-order valence-electron chi connectivity index (χ0n) is 7.66. The maximum atomic E-state index is 3.45. The van der Waals surface area contributed by atoms with Gasteiger partial charge >= 0.3 is 0 Å². The van der Waals surface area contributed by atoms with Crippen LogP contribution in [0.1, 0.15) is 19.8 Å². The SMILES string of the molecule is C=C=C/C=C\C=C/C/C=C\CC. The molecular weight excluding hydrogens is 144 g/mol. The van der Waals surface area contributed by atoms with Gasteiger partial charge in [-0.1, -0.05) is 50.0 Å². The fraction of sp³-hybridized carbons (Fsp3) is 0.250. The van der Waals surface area contributed by atoms with E-state index in [1.165, 1.54) is 0 Å². The van der Waals surface area contributed by atoms with Crippen LogP contribution in [0.4, 0.5) is 0 Å². The number of hydrogen-bond acceptors (Lipinski definition) is 0. The lowest BCUT2D eigenvalue weighted by Crippen LogP contribution is -1.57. The van der Waals surface area contributed by atoms with Gasteiger partial charge in [-0.3, -0.25) is 0 Å². The molecule has 0 aliphatic carbocycles. The van der Waals surface area contributed by atoms with Crippen LogP contribution >= 0.6 is 0 Å². The minimum Gasteiger partial charge on any atom is -0.129 e. The van der Waals surface area contributed by atoms with E-state index in [0.29, 0.717) is 0 Å². The summed E-state index contributed by atoms with van der Waals surface area (Å²) in [6, 6.07) is 0. The van der Waals surface area contributed by atoms with Gasteiger partial charge in [0, 0.05) is 0 Å². The molecule has 0 aliphatic heterocycles. The fourth-order valence-electron chi connectivity index (χ4n) is 0.686. The number of allylic oxidation sites excluding steroid dienone is 7. The normalized spacial score (nSPS) is 11.4. The first kappa shape index (κ1) is 10.7. The third kappa shape index (κ3) is 8.74. The summed E-state index contributed by atoms with van der Waals surface area (Å²) in [6.07, 6.45) is 16.2. The first-order valence-corrected chi connectivity index (χ1v) is 4.24. The van der Waals surface area contributed by atoms with E-state index in [0.717, 1.165) is 12.8 Å². The van der Waals surface area contributed by atoms with Gasteiger partial charge in [0.1, 0.15) is 0 Å². The van der Waals surface area contributed by atoms with E-state index in [-0.39, 0.29) is 0 Å². The molecule has 0 heterocycles. The minimum absolute atomic E-state index is 1.01. The molecule has 0 atom stereocenters. The molecule has 0 nitrogen and oxygen atoms in total. The minimum atomic E-state index is 1.01. The smallest absolute Gasteiger partial charge is 0.0166 e. The highest BCUT2D eigenvalue weighted by Crippen LogP contribution is 1.88. The highest BCUT2D eigenvalue weighted by molar-refractivity contribution is 5.10. The van der Waals surface area contributed by atoms with E-state index >= 15 is 0 Å². The molecule has 0 spiro atoms. The van der Waals surface area contributed by atoms with Crippen molar-refractivity contribution in [3.63, 3.8) is 0 Å². The Morgan fingerprint density at radius 3 is 2.58 bits per heavy atom. The van der Waals surface area contributed by atoms with Crippen molar-refractivity contribution in [2.45, 2.75) is 19.8 Å². The molecular formula is C12H16. The van der Waals surface area contributed by atoms with Crippen LogP contribution in [0.25, 0.3) is 0 Å². The van der Waals surface area contributed by atoms with Gasteiger partial charge in [0.25, 0.3) is 0 Å². The lowest BCUT2D eigenvalue weighted by Gasteiger charge is -1.79. The lowest BCUT2D eigenvalue weighted by molar-refractivity contribution is 1.20. The van der Waals surface area contributed by atoms with Crippen molar-refractivity contribution in [3.05, 3.63) is 54.8 Å². The average molecular weight is 160 g/mol. The molecule has 64 valence electrons. The summed E-state index contributed by atoms with van der Waals surface area (Å²) in [5, 5.41) is 0. The quantitative estimate of drug-likeness (QED) is 0.326. The second-order valence-electron chi connectivity index (χ2n) is 2.30. The van der Waals surface area contributed by atoms with Crippen molar-refractivity contribution in [1.82, 2.24) is 0 Å². The summed E-state index contributed by atoms with van der Waals surface area (Å²) in [5.74, 6) is 0. The molecule has 0 heteroatoms. The summed E-state index contributed by atoms with van der Waals surface area (Å²) in [7, 11) is 0. The van der Waals surface area contributed by atoms with Crippen LogP contribution in [0.15, 0.2) is 54.8 Å². The van der Waals surface area contributed by atoms with Crippen molar-refractivity contribution >= 4 is 0 Å². The van der Waals surface area contributed by atoms with Crippen LogP contribution in [-0.2, 0) is 0 Å². The Bertz CT molecular complexity index is 210. The third-order valence-electron chi connectivity index (χ3n) is 1.25. The second-order valence-corrected chi connectivity index (χ2v) is 2.30. The standard InChI is InChI=1S/C12H16/c1-3-5-7-9-11-12-10-8-6-4-2/h5-9,11-12H,1,4,10H2,2H3/b8-6-,9-7-,12-11-. The molecule has 0 N–H and O–H groups in total. The van der Waals surface area contributed by atoms with Crippen LogP contribution in [0, 0.1) is 0 Å². The molecule has 0 saturated heterocycles. The van der Waals surface area contributed by atoms with E-state index in [2.05, 4.69) is 37.5 Å². The van der Waals surface area contributed by atoms with Crippen LogP contribution < -0.4 is 0 Å². The van der Waals surface area contributed by atoms with Gasteiger partial charge in [-0.2, -0.15) is 0 Å². The van der Waals surface area contributed by atoms with E-state index in [4.69, 9.17) is 0 Å². The van der Waals surface area contributed by atoms with Gasteiger partial charge in [0.2, 0.25) is 0 Å². The van der Waals surface area contributed by atoms with E-state index < -0.39 is 0 Å². The first-order chi connectivity index (χ1) is 5.91. The van der Waals surface area contributed by atoms with Crippen molar-refractivity contribution < 1.29 is 0 Å². The maximum Gasteiger partial charge on any atom is -0.0166 e. The summed E-state index contributed by atoms with van der Waals surface area (Å²) in [4.78, 5) is 0. The highest BCUT2D eigenvalue weighted by atomic mass is 13.7. The van der Waals surface area contributed by atoms with E-state index in [9.17, 15) is 0 Å². The Morgan fingerprint density at radius 2 is 1.92 bits per heavy atom. The van der Waals surface area contributed by atoms with Crippen molar-refractivity contribution in [2.24, 2.45) is 0 Å². The lowest BCUT2D eigenvalue weighted by atomic mass is 10.3. The van der Waals surface area contributed by atoms with Crippen molar-refractivity contribution in [2.75, 3.05) is 0 Å². The van der Waals surface area contributed by atoms with Crippen LogP contribution in [-0.4, -0.2) is 0 Å². The van der Waals surface area contributed by atoms with Gasteiger partial charge in [0.05, 0.1) is 0 Å². The van der Waals surface area contributed by atoms with Gasteiger partial charge in [0.15, 0.2) is 0 Å². The molecule has 12 heavy (non-hydrogen) atoms. The molecule has 0 aromatic heterocycles. The first-order valence-electron chi connectivity index (χ1n) is 4.24. The Balaban J connectivity index is 3.49. The molecule has 0 fully saturated rings. The second kappa shape index (κ2) is 9.74. The molecule has 0 radical (unpaired) electrons. The summed E-state index contributed by atoms with van der Waals surface area (Å²) in [5.41, 5.74) is 2.67. The molecule has 0 unspecified atom stereocenters. The van der Waals surface area contributed by atoms with Gasteiger partial charge < -0.3 is 0 Å². The Kier molecular flexibility index (Phi) is 8.72. The Labute approximate surface area is 75.3 Å². The van der Waals surface area contributed by atoms with Crippen molar-refractivity contribution in [1.29, 1.82) is 0 Å². The Hall–Kier alpha value is -1.26. The predicted molar refractivity (Wildman–Crippen MR) is 56.0 cm³/mol. The largest absolute Gasteiger partial charge is 0.129 e. The van der Waals surface area contributed by atoms with E-state index in [1.807, 2.05) is 18.2 Å². The molecule has 0 rings (SSSR count). The van der Waals surface area contributed by atoms with Crippen LogP contribution in [0.2, 0.25) is 0 Å². The highest BCUT2D eigenvalue weighted by Gasteiger charge is 1.67. The number of rotatable bonds is 5. The van der Waals surface area contributed by atoms with Crippen LogP contribution in [0.3, 0.4) is 0 Å². The maximum absolute atomic E-state index is 3.45. The van der Waals surface area contributed by atoms with Crippen molar-refractivity contribution in [3.8, 4) is 0 Å². The van der Waals surface area contributed by atoms with Crippen LogP contribution in [0.5, 0.6) is 0 Å². The Morgan fingerprint density at radius 1 is 1.08 bits per heavy atom.